The summed E-state index contributed by atoms with van der Waals surface area (Å²) in [5.74, 6) is -0.763. The predicted molar refractivity (Wildman–Crippen MR) is 126 cm³/mol. The van der Waals surface area contributed by atoms with Gasteiger partial charge < -0.3 is 14.7 Å². The fraction of sp³-hybridized carbons (Fsp3) is 0.520. The second-order valence-corrected chi connectivity index (χ2v) is 9.46. The van der Waals surface area contributed by atoms with Gasteiger partial charge in [0.1, 0.15) is 5.82 Å². The molecule has 2 amide bonds. The van der Waals surface area contributed by atoms with Gasteiger partial charge in [0.2, 0.25) is 5.91 Å². The van der Waals surface area contributed by atoms with Crippen LogP contribution in [0.1, 0.15) is 45.6 Å². The summed E-state index contributed by atoms with van der Waals surface area (Å²) >= 11 is 0. The van der Waals surface area contributed by atoms with E-state index >= 15 is 0 Å². The zero-order chi connectivity index (χ0) is 24.4. The van der Waals surface area contributed by atoms with Gasteiger partial charge in [0, 0.05) is 44.7 Å². The molecule has 182 valence electrons. The van der Waals surface area contributed by atoms with Gasteiger partial charge in [0.05, 0.1) is 17.2 Å². The number of halogens is 1. The second-order valence-electron chi connectivity index (χ2n) is 9.46. The standard InChI is InChI=1S/C25H32FN5O3/c1-16-17(2)23(32)28-27-22(16)14-18-6-7-21(26)20(13-18)25(34)31-11-9-30(10-12-31)24(33)19-5-4-8-29(3)15-19/h6-7,13,19H,4-5,8-12,14-15H2,1-3H3,(H,28,32). The van der Waals surface area contributed by atoms with Crippen LogP contribution in [0.4, 0.5) is 4.39 Å². The highest BCUT2D eigenvalue weighted by Crippen LogP contribution is 2.21. The highest BCUT2D eigenvalue weighted by molar-refractivity contribution is 5.95. The van der Waals surface area contributed by atoms with Crippen LogP contribution in [0.25, 0.3) is 0 Å². The van der Waals surface area contributed by atoms with Crippen molar-refractivity contribution in [1.82, 2.24) is 24.9 Å². The van der Waals surface area contributed by atoms with Crippen molar-refractivity contribution in [3.8, 4) is 0 Å². The fourth-order valence-electron chi connectivity index (χ4n) is 4.81. The molecule has 8 nitrogen and oxygen atoms in total. The van der Waals surface area contributed by atoms with Gasteiger partial charge in [-0.15, -0.1) is 0 Å². The SMILES string of the molecule is Cc1c(Cc2ccc(F)c(C(=O)N3CCN(C(=O)C4CCCN(C)C4)CC3)c2)n[nH]c(=O)c1C. The number of nitrogens with one attached hydrogen (secondary N) is 1. The summed E-state index contributed by atoms with van der Waals surface area (Å²) in [6.07, 6.45) is 2.31. The molecule has 0 spiro atoms. The van der Waals surface area contributed by atoms with Crippen LogP contribution in [0.5, 0.6) is 0 Å². The minimum Gasteiger partial charge on any atom is -0.339 e. The van der Waals surface area contributed by atoms with E-state index in [2.05, 4.69) is 15.1 Å². The van der Waals surface area contributed by atoms with E-state index in [-0.39, 0.29) is 28.9 Å². The van der Waals surface area contributed by atoms with Gasteiger partial charge in [-0.1, -0.05) is 6.07 Å². The number of piperazine rings is 1. The van der Waals surface area contributed by atoms with Crippen molar-refractivity contribution in [3.63, 3.8) is 0 Å². The van der Waals surface area contributed by atoms with Crippen molar-refractivity contribution in [2.45, 2.75) is 33.1 Å². The van der Waals surface area contributed by atoms with Crippen LogP contribution < -0.4 is 5.56 Å². The Balaban J connectivity index is 1.42. The number of carbonyl (C=O) groups is 2. The first kappa shape index (κ1) is 24.1. The number of likely N-dealkylation sites (tertiary alicyclic amines) is 1. The molecule has 34 heavy (non-hydrogen) atoms. The number of hydrogen-bond donors (Lipinski definition) is 1. The number of piperidine rings is 1. The summed E-state index contributed by atoms with van der Waals surface area (Å²) in [7, 11) is 2.04. The largest absolute Gasteiger partial charge is 0.339 e. The highest BCUT2D eigenvalue weighted by atomic mass is 19.1. The van der Waals surface area contributed by atoms with E-state index in [0.717, 1.165) is 37.1 Å². The summed E-state index contributed by atoms with van der Waals surface area (Å²) in [5.41, 5.74) is 2.58. The third-order valence-electron chi connectivity index (χ3n) is 7.11. The fourth-order valence-corrected chi connectivity index (χ4v) is 4.81. The molecule has 2 aliphatic rings. The lowest BCUT2D eigenvalue weighted by Gasteiger charge is -2.38. The average molecular weight is 470 g/mol. The molecule has 4 rings (SSSR count). The Labute approximate surface area is 198 Å². The molecule has 0 radical (unpaired) electrons. The van der Waals surface area contributed by atoms with E-state index in [1.807, 2.05) is 18.9 Å². The Bertz CT molecular complexity index is 1140. The minimum absolute atomic E-state index is 0.0174. The van der Waals surface area contributed by atoms with E-state index in [1.54, 1.807) is 24.0 Å². The monoisotopic (exact) mass is 469 g/mol. The quantitative estimate of drug-likeness (QED) is 0.737. The van der Waals surface area contributed by atoms with Crippen molar-refractivity contribution in [2.24, 2.45) is 5.92 Å². The molecule has 0 aliphatic carbocycles. The lowest BCUT2D eigenvalue weighted by molar-refractivity contribution is -0.138. The Morgan fingerprint density at radius 3 is 2.50 bits per heavy atom. The first-order valence-electron chi connectivity index (χ1n) is 11.8. The maximum absolute atomic E-state index is 14.6. The number of H-pyrrole nitrogens is 1. The average Bonchev–Trinajstić information content (AvgIpc) is 2.84. The Morgan fingerprint density at radius 2 is 1.79 bits per heavy atom. The molecular formula is C25H32FN5O3. The summed E-state index contributed by atoms with van der Waals surface area (Å²) < 4.78 is 14.6. The van der Waals surface area contributed by atoms with Gasteiger partial charge in [-0.05, 0) is 63.5 Å². The van der Waals surface area contributed by atoms with Crippen molar-refractivity contribution < 1.29 is 14.0 Å². The third kappa shape index (κ3) is 5.04. The van der Waals surface area contributed by atoms with E-state index in [9.17, 15) is 18.8 Å². The van der Waals surface area contributed by atoms with Gasteiger partial charge >= 0.3 is 0 Å². The van der Waals surface area contributed by atoms with Gasteiger partial charge in [-0.2, -0.15) is 5.10 Å². The maximum atomic E-state index is 14.6. The molecule has 1 aromatic heterocycles. The molecule has 0 bridgehead atoms. The summed E-state index contributed by atoms with van der Waals surface area (Å²) in [5, 5.41) is 6.60. The lowest BCUT2D eigenvalue weighted by Crippen LogP contribution is -2.53. The molecule has 3 heterocycles. The Kier molecular flexibility index (Phi) is 7.11. The van der Waals surface area contributed by atoms with Crippen LogP contribution in [0.3, 0.4) is 0 Å². The molecule has 0 saturated carbocycles. The van der Waals surface area contributed by atoms with Gasteiger partial charge in [-0.25, -0.2) is 9.49 Å². The Morgan fingerprint density at radius 1 is 1.09 bits per heavy atom. The molecule has 2 saturated heterocycles. The number of rotatable bonds is 4. The molecular weight excluding hydrogens is 437 g/mol. The molecule has 1 N–H and O–H groups in total. The van der Waals surface area contributed by atoms with Crippen LogP contribution in [0, 0.1) is 25.6 Å². The van der Waals surface area contributed by atoms with Crippen molar-refractivity contribution in [1.29, 1.82) is 0 Å². The number of benzene rings is 1. The number of aromatic nitrogens is 2. The lowest BCUT2D eigenvalue weighted by atomic mass is 9.96. The van der Waals surface area contributed by atoms with Gasteiger partial charge in [-0.3, -0.25) is 14.4 Å². The first-order valence-corrected chi connectivity index (χ1v) is 11.8. The van der Waals surface area contributed by atoms with E-state index in [4.69, 9.17) is 0 Å². The predicted octanol–water partition coefficient (Wildman–Crippen LogP) is 1.74. The van der Waals surface area contributed by atoms with Gasteiger partial charge in [0.25, 0.3) is 11.5 Å². The highest BCUT2D eigenvalue weighted by Gasteiger charge is 2.31. The van der Waals surface area contributed by atoms with Crippen molar-refractivity contribution >= 4 is 11.8 Å². The third-order valence-corrected chi connectivity index (χ3v) is 7.11. The van der Waals surface area contributed by atoms with Crippen molar-refractivity contribution in [2.75, 3.05) is 46.3 Å². The van der Waals surface area contributed by atoms with E-state index in [1.165, 1.54) is 6.07 Å². The second kappa shape index (κ2) is 10.0. The van der Waals surface area contributed by atoms with Crippen LogP contribution in [-0.4, -0.2) is 83.0 Å². The van der Waals surface area contributed by atoms with E-state index in [0.29, 0.717) is 43.9 Å². The first-order chi connectivity index (χ1) is 16.2. The van der Waals surface area contributed by atoms with Crippen LogP contribution in [0.2, 0.25) is 0 Å². The number of nitrogens with zero attached hydrogens (tertiary/aromatic N) is 4. The van der Waals surface area contributed by atoms with Crippen LogP contribution >= 0.6 is 0 Å². The normalized spacial score (nSPS) is 19.4. The molecule has 1 unspecified atom stereocenters. The number of carbonyl (C=O) groups excluding carboxylic acids is 2. The molecule has 9 heteroatoms. The molecule has 1 atom stereocenters. The molecule has 2 aliphatic heterocycles. The summed E-state index contributed by atoms with van der Waals surface area (Å²) in [6.45, 7) is 7.06. The summed E-state index contributed by atoms with van der Waals surface area (Å²) in [4.78, 5) is 43.4. The molecule has 2 aromatic rings. The number of aromatic amines is 1. The summed E-state index contributed by atoms with van der Waals surface area (Å²) in [6, 6.07) is 4.50. The van der Waals surface area contributed by atoms with Crippen LogP contribution in [0.15, 0.2) is 23.0 Å². The van der Waals surface area contributed by atoms with Gasteiger partial charge in [0.15, 0.2) is 0 Å². The smallest absolute Gasteiger partial charge is 0.267 e. The number of amides is 2. The Hall–Kier alpha value is -3.07. The van der Waals surface area contributed by atoms with Crippen molar-refractivity contribution in [3.05, 3.63) is 62.3 Å². The maximum Gasteiger partial charge on any atom is 0.267 e. The van der Waals surface area contributed by atoms with E-state index < -0.39 is 5.82 Å². The molecule has 1 aromatic carbocycles. The zero-order valence-corrected chi connectivity index (χ0v) is 20.1. The molecule has 2 fully saturated rings. The zero-order valence-electron chi connectivity index (χ0n) is 20.1. The topological polar surface area (TPSA) is 89.6 Å². The minimum atomic E-state index is -0.570. The van der Waals surface area contributed by atoms with Crippen LogP contribution in [-0.2, 0) is 11.2 Å². The number of hydrogen-bond acceptors (Lipinski definition) is 5.